The van der Waals surface area contributed by atoms with Gasteiger partial charge in [-0.05, 0) is 43.0 Å². The number of hydrogen-bond donors (Lipinski definition) is 0. The molecule has 3 heteroatoms. The van der Waals surface area contributed by atoms with Crippen molar-refractivity contribution in [2.75, 3.05) is 6.61 Å². The van der Waals surface area contributed by atoms with E-state index >= 15 is 0 Å². The summed E-state index contributed by atoms with van der Waals surface area (Å²) < 4.78 is 6.85. The predicted octanol–water partition coefficient (Wildman–Crippen LogP) is 3.93. The number of rotatable bonds is 1. The van der Waals surface area contributed by atoms with Crippen molar-refractivity contribution >= 4 is 15.9 Å². The first kappa shape index (κ1) is 11.5. The summed E-state index contributed by atoms with van der Waals surface area (Å²) in [6, 6.07) is 6.43. The highest BCUT2D eigenvalue weighted by Crippen LogP contribution is 2.39. The van der Waals surface area contributed by atoms with Crippen molar-refractivity contribution in [3.63, 3.8) is 0 Å². The largest absolute Gasteiger partial charge is 0.493 e. The minimum Gasteiger partial charge on any atom is -0.493 e. The number of halogens is 1. The second-order valence-corrected chi connectivity index (χ2v) is 5.11. The zero-order valence-corrected chi connectivity index (χ0v) is 10.9. The highest BCUT2D eigenvalue weighted by Gasteiger charge is 2.21. The van der Waals surface area contributed by atoms with Gasteiger partial charge in [0.1, 0.15) is 5.75 Å². The molecule has 0 saturated heterocycles. The van der Waals surface area contributed by atoms with Crippen LogP contribution in [0.5, 0.6) is 5.75 Å². The highest BCUT2D eigenvalue weighted by atomic mass is 79.9. The molecule has 0 bridgehead atoms. The molecule has 0 saturated carbocycles. The van der Waals surface area contributed by atoms with E-state index < -0.39 is 0 Å². The van der Waals surface area contributed by atoms with Crippen molar-refractivity contribution in [1.29, 1.82) is 5.26 Å². The van der Waals surface area contributed by atoms with E-state index in [9.17, 15) is 0 Å². The number of benzene rings is 1. The van der Waals surface area contributed by atoms with Crippen LogP contribution in [0.2, 0.25) is 0 Å². The third-order valence-corrected chi connectivity index (χ3v) is 3.45. The van der Waals surface area contributed by atoms with Gasteiger partial charge in [0.2, 0.25) is 0 Å². The van der Waals surface area contributed by atoms with Crippen molar-refractivity contribution in [3.05, 3.63) is 27.7 Å². The van der Waals surface area contributed by atoms with Crippen molar-refractivity contribution in [2.45, 2.75) is 32.1 Å². The van der Waals surface area contributed by atoms with Crippen LogP contribution in [0.1, 0.15) is 36.3 Å². The van der Waals surface area contributed by atoms with Gasteiger partial charge in [-0.15, -0.1) is 0 Å². The van der Waals surface area contributed by atoms with Crippen molar-refractivity contribution in [3.8, 4) is 11.8 Å². The molecule has 16 heavy (non-hydrogen) atoms. The first-order chi connectivity index (χ1) is 7.72. The van der Waals surface area contributed by atoms with Gasteiger partial charge in [0.05, 0.1) is 12.7 Å². The third kappa shape index (κ3) is 2.22. The lowest BCUT2D eigenvalue weighted by atomic mass is 9.91. The van der Waals surface area contributed by atoms with E-state index in [0.717, 1.165) is 35.2 Å². The number of nitriles is 1. The maximum absolute atomic E-state index is 8.87. The molecule has 1 atom stereocenters. The standard InChI is InChI=1S/C13H14BrNO/c1-9-7-11(14)8-12-10(4-5-15)3-2-6-16-13(9)12/h7-8,10H,2-4,6H2,1H3. The quantitative estimate of drug-likeness (QED) is 0.781. The molecule has 1 aliphatic heterocycles. The van der Waals surface area contributed by atoms with Crippen LogP contribution in [0.25, 0.3) is 0 Å². The molecule has 0 spiro atoms. The summed E-state index contributed by atoms with van der Waals surface area (Å²) in [5, 5.41) is 8.87. The number of hydrogen-bond acceptors (Lipinski definition) is 2. The summed E-state index contributed by atoms with van der Waals surface area (Å²) >= 11 is 3.51. The maximum atomic E-state index is 8.87. The fourth-order valence-electron chi connectivity index (χ4n) is 2.24. The molecule has 0 aliphatic carbocycles. The Hall–Kier alpha value is -1.01. The van der Waals surface area contributed by atoms with E-state index in [2.05, 4.69) is 41.1 Å². The fourth-order valence-corrected chi connectivity index (χ4v) is 2.83. The second-order valence-electron chi connectivity index (χ2n) is 4.19. The zero-order chi connectivity index (χ0) is 11.5. The van der Waals surface area contributed by atoms with E-state index in [1.54, 1.807) is 0 Å². The first-order valence-electron chi connectivity index (χ1n) is 5.52. The normalized spacial score (nSPS) is 19.2. The van der Waals surface area contributed by atoms with Gasteiger partial charge in [-0.3, -0.25) is 0 Å². The van der Waals surface area contributed by atoms with Crippen LogP contribution >= 0.6 is 15.9 Å². The first-order valence-corrected chi connectivity index (χ1v) is 6.31. The van der Waals surface area contributed by atoms with Crippen LogP contribution in [-0.2, 0) is 0 Å². The summed E-state index contributed by atoms with van der Waals surface area (Å²) in [6.07, 6.45) is 2.64. The monoisotopic (exact) mass is 279 g/mol. The molecule has 2 rings (SSSR count). The Bertz CT molecular complexity index is 436. The highest BCUT2D eigenvalue weighted by molar-refractivity contribution is 9.10. The Morgan fingerprint density at radius 3 is 3.12 bits per heavy atom. The topological polar surface area (TPSA) is 33.0 Å². The minimum atomic E-state index is 0.318. The molecule has 0 aromatic heterocycles. The summed E-state index contributed by atoms with van der Waals surface area (Å²) in [5.74, 6) is 1.31. The molecule has 0 fully saturated rings. The maximum Gasteiger partial charge on any atom is 0.125 e. The van der Waals surface area contributed by atoms with Crippen LogP contribution in [0.3, 0.4) is 0 Å². The minimum absolute atomic E-state index is 0.318. The molecular weight excluding hydrogens is 266 g/mol. The van der Waals surface area contributed by atoms with Gasteiger partial charge in [-0.2, -0.15) is 5.26 Å². The molecule has 1 aromatic carbocycles. The lowest BCUT2D eigenvalue weighted by molar-refractivity contribution is 0.314. The van der Waals surface area contributed by atoms with Crippen LogP contribution < -0.4 is 4.74 Å². The van der Waals surface area contributed by atoms with E-state index in [1.165, 1.54) is 5.56 Å². The Morgan fingerprint density at radius 2 is 2.38 bits per heavy atom. The average Bonchev–Trinajstić information content (AvgIpc) is 2.42. The zero-order valence-electron chi connectivity index (χ0n) is 9.29. The van der Waals surface area contributed by atoms with Crippen LogP contribution in [0.15, 0.2) is 16.6 Å². The number of aryl methyl sites for hydroxylation is 1. The number of ether oxygens (including phenoxy) is 1. The van der Waals surface area contributed by atoms with E-state index in [4.69, 9.17) is 10.00 Å². The molecular formula is C13H14BrNO. The molecule has 0 radical (unpaired) electrons. The SMILES string of the molecule is Cc1cc(Br)cc2c1OCCCC2CC#N. The Balaban J connectivity index is 2.48. The Labute approximate surface area is 104 Å². The van der Waals surface area contributed by atoms with Gasteiger partial charge in [0, 0.05) is 16.8 Å². The van der Waals surface area contributed by atoms with Crippen molar-refractivity contribution < 1.29 is 4.74 Å². The molecule has 0 N–H and O–H groups in total. The third-order valence-electron chi connectivity index (χ3n) is 2.99. The molecule has 0 amide bonds. The average molecular weight is 280 g/mol. The summed E-state index contributed by atoms with van der Waals surface area (Å²) in [7, 11) is 0. The van der Waals surface area contributed by atoms with Gasteiger partial charge in [0.25, 0.3) is 0 Å². The summed E-state index contributed by atoms with van der Waals surface area (Å²) in [4.78, 5) is 0. The summed E-state index contributed by atoms with van der Waals surface area (Å²) in [5.41, 5.74) is 2.33. The van der Waals surface area contributed by atoms with E-state index in [0.29, 0.717) is 12.3 Å². The van der Waals surface area contributed by atoms with Crippen LogP contribution in [0.4, 0.5) is 0 Å². The van der Waals surface area contributed by atoms with Gasteiger partial charge >= 0.3 is 0 Å². The van der Waals surface area contributed by atoms with Crippen molar-refractivity contribution in [1.82, 2.24) is 0 Å². The van der Waals surface area contributed by atoms with Crippen LogP contribution in [0, 0.1) is 18.3 Å². The van der Waals surface area contributed by atoms with Gasteiger partial charge in [0.15, 0.2) is 0 Å². The van der Waals surface area contributed by atoms with Gasteiger partial charge < -0.3 is 4.74 Å². The fraction of sp³-hybridized carbons (Fsp3) is 0.462. The van der Waals surface area contributed by atoms with Crippen molar-refractivity contribution in [2.24, 2.45) is 0 Å². The number of nitrogens with zero attached hydrogens (tertiary/aromatic N) is 1. The molecule has 84 valence electrons. The lowest BCUT2D eigenvalue weighted by Crippen LogP contribution is -1.99. The molecule has 1 heterocycles. The second kappa shape index (κ2) is 4.88. The predicted molar refractivity (Wildman–Crippen MR) is 66.6 cm³/mol. The molecule has 1 unspecified atom stereocenters. The molecule has 1 aliphatic rings. The van der Waals surface area contributed by atoms with Crippen LogP contribution in [-0.4, -0.2) is 6.61 Å². The summed E-state index contributed by atoms with van der Waals surface area (Å²) in [6.45, 7) is 2.82. The van der Waals surface area contributed by atoms with Gasteiger partial charge in [-0.25, -0.2) is 0 Å². The smallest absolute Gasteiger partial charge is 0.125 e. The Morgan fingerprint density at radius 1 is 1.56 bits per heavy atom. The Kier molecular flexibility index (Phi) is 3.50. The number of fused-ring (bicyclic) bond motifs is 1. The van der Waals surface area contributed by atoms with E-state index in [-0.39, 0.29) is 0 Å². The lowest BCUT2D eigenvalue weighted by Gasteiger charge is -2.16. The van der Waals surface area contributed by atoms with Gasteiger partial charge in [-0.1, -0.05) is 15.9 Å². The van der Waals surface area contributed by atoms with E-state index in [1.807, 2.05) is 0 Å². The molecule has 1 aromatic rings. The molecule has 2 nitrogen and oxygen atoms in total.